The Hall–Kier alpha value is -1.28. The van der Waals surface area contributed by atoms with E-state index >= 15 is 0 Å². The number of unbranched alkanes of at least 4 members (excludes halogenated alkanes) is 1. The zero-order valence-corrected chi connectivity index (χ0v) is 10.1. The Balaban J connectivity index is 2.78. The lowest BCUT2D eigenvalue weighted by Gasteiger charge is -2.07. The van der Waals surface area contributed by atoms with Crippen molar-refractivity contribution in [3.63, 3.8) is 0 Å². The average Bonchev–Trinajstić information content (AvgIpc) is 2.29. The molecule has 0 fully saturated rings. The molecular weight excluding hydrogens is 224 g/mol. The molecular formula is C13H15ClO2. The predicted octanol–water partition coefficient (Wildman–Crippen LogP) is 3.89. The molecule has 1 aromatic carbocycles. The quantitative estimate of drug-likeness (QED) is 0.427. The molecule has 0 unspecified atom stereocenters. The van der Waals surface area contributed by atoms with Gasteiger partial charge in [0.2, 0.25) is 0 Å². The number of carbonyl (C=O) groups excluding carboxylic acids is 1. The number of ether oxygens (including phenoxy) is 1. The minimum Gasteiger partial charge on any atom is -0.496 e. The predicted molar refractivity (Wildman–Crippen MR) is 66.4 cm³/mol. The van der Waals surface area contributed by atoms with Crippen LogP contribution in [0, 0.1) is 0 Å². The van der Waals surface area contributed by atoms with Gasteiger partial charge in [0, 0.05) is 11.4 Å². The van der Waals surface area contributed by atoms with Crippen molar-refractivity contribution >= 4 is 17.4 Å². The van der Waals surface area contributed by atoms with E-state index in [1.165, 1.54) is 7.11 Å². The Kier molecular flexibility index (Phi) is 5.06. The zero-order valence-electron chi connectivity index (χ0n) is 9.33. The fourth-order valence-electron chi connectivity index (χ4n) is 1.44. The average molecular weight is 239 g/mol. The van der Waals surface area contributed by atoms with Crippen LogP contribution in [0.1, 0.15) is 29.6 Å². The van der Waals surface area contributed by atoms with Crippen LogP contribution in [0.15, 0.2) is 30.9 Å². The summed E-state index contributed by atoms with van der Waals surface area (Å²) in [5.74, 6) is 0.617. The largest absolute Gasteiger partial charge is 0.496 e. The van der Waals surface area contributed by atoms with Crippen LogP contribution in [0.4, 0.5) is 0 Å². The van der Waals surface area contributed by atoms with Gasteiger partial charge in [0.15, 0.2) is 5.78 Å². The van der Waals surface area contributed by atoms with E-state index in [9.17, 15) is 4.79 Å². The van der Waals surface area contributed by atoms with Crippen LogP contribution in [0.3, 0.4) is 0 Å². The smallest absolute Gasteiger partial charge is 0.166 e. The first-order valence-electron chi connectivity index (χ1n) is 5.16. The number of methoxy groups -OCH3 is 1. The van der Waals surface area contributed by atoms with Gasteiger partial charge in [-0.25, -0.2) is 0 Å². The highest BCUT2D eigenvalue weighted by Gasteiger charge is 2.11. The molecule has 0 aliphatic heterocycles. The molecule has 0 aliphatic carbocycles. The molecule has 0 amide bonds. The molecule has 0 radical (unpaired) electrons. The van der Waals surface area contributed by atoms with Gasteiger partial charge in [-0.1, -0.05) is 17.7 Å². The summed E-state index contributed by atoms with van der Waals surface area (Å²) in [4.78, 5) is 11.9. The van der Waals surface area contributed by atoms with Gasteiger partial charge in [-0.15, -0.1) is 6.58 Å². The van der Waals surface area contributed by atoms with Gasteiger partial charge in [0.25, 0.3) is 0 Å². The Morgan fingerprint density at radius 1 is 1.56 bits per heavy atom. The first-order valence-corrected chi connectivity index (χ1v) is 5.54. The minimum atomic E-state index is 0.0790. The molecule has 16 heavy (non-hydrogen) atoms. The number of benzene rings is 1. The number of allylic oxidation sites excluding steroid dienone is 1. The third kappa shape index (κ3) is 3.38. The lowest BCUT2D eigenvalue weighted by molar-refractivity contribution is 0.0977. The van der Waals surface area contributed by atoms with E-state index in [0.29, 0.717) is 22.8 Å². The van der Waals surface area contributed by atoms with E-state index in [4.69, 9.17) is 16.3 Å². The van der Waals surface area contributed by atoms with Crippen LogP contribution in [0.25, 0.3) is 0 Å². The van der Waals surface area contributed by atoms with Gasteiger partial charge in [-0.05, 0) is 31.0 Å². The molecule has 1 aromatic rings. The SMILES string of the molecule is C=CCCCC(=O)c1ccc(Cl)cc1OC. The van der Waals surface area contributed by atoms with E-state index in [1.807, 2.05) is 6.08 Å². The molecule has 0 atom stereocenters. The summed E-state index contributed by atoms with van der Waals surface area (Å²) in [5.41, 5.74) is 0.593. The van der Waals surface area contributed by atoms with Gasteiger partial charge < -0.3 is 4.74 Å². The molecule has 3 heteroatoms. The number of ketones is 1. The van der Waals surface area contributed by atoms with Crippen LogP contribution in [-0.4, -0.2) is 12.9 Å². The number of rotatable bonds is 6. The molecule has 0 saturated heterocycles. The Bertz CT molecular complexity index is 386. The molecule has 86 valence electrons. The second kappa shape index (κ2) is 6.33. The highest BCUT2D eigenvalue weighted by molar-refractivity contribution is 6.30. The Morgan fingerprint density at radius 3 is 2.94 bits per heavy atom. The van der Waals surface area contributed by atoms with Crippen LogP contribution >= 0.6 is 11.6 Å². The summed E-state index contributed by atoms with van der Waals surface area (Å²) in [6.07, 6.45) is 3.98. The third-order valence-electron chi connectivity index (χ3n) is 2.28. The second-order valence-corrected chi connectivity index (χ2v) is 3.89. The highest BCUT2D eigenvalue weighted by Crippen LogP contribution is 2.24. The molecule has 1 rings (SSSR count). The fourth-order valence-corrected chi connectivity index (χ4v) is 1.60. The van der Waals surface area contributed by atoms with Crippen molar-refractivity contribution in [3.05, 3.63) is 41.4 Å². The van der Waals surface area contributed by atoms with Crippen molar-refractivity contribution in [1.82, 2.24) is 0 Å². The van der Waals surface area contributed by atoms with Gasteiger partial charge in [-0.3, -0.25) is 4.79 Å². The number of carbonyl (C=O) groups is 1. The number of hydrogen-bond acceptors (Lipinski definition) is 2. The van der Waals surface area contributed by atoms with Crippen LogP contribution in [0.5, 0.6) is 5.75 Å². The molecule has 2 nitrogen and oxygen atoms in total. The van der Waals surface area contributed by atoms with E-state index in [2.05, 4.69) is 6.58 Å². The second-order valence-electron chi connectivity index (χ2n) is 3.45. The summed E-state index contributed by atoms with van der Waals surface area (Å²) in [5, 5.41) is 0.569. The van der Waals surface area contributed by atoms with Crippen molar-refractivity contribution in [2.45, 2.75) is 19.3 Å². The summed E-state index contributed by atoms with van der Waals surface area (Å²) in [6, 6.07) is 5.06. The third-order valence-corrected chi connectivity index (χ3v) is 2.51. The van der Waals surface area contributed by atoms with Crippen LogP contribution in [0.2, 0.25) is 5.02 Å². The van der Waals surface area contributed by atoms with Crippen molar-refractivity contribution < 1.29 is 9.53 Å². The van der Waals surface area contributed by atoms with Gasteiger partial charge in [-0.2, -0.15) is 0 Å². The van der Waals surface area contributed by atoms with Gasteiger partial charge >= 0.3 is 0 Å². The molecule has 0 spiro atoms. The molecule has 0 bridgehead atoms. The van der Waals surface area contributed by atoms with Crippen molar-refractivity contribution in [2.24, 2.45) is 0 Å². The monoisotopic (exact) mass is 238 g/mol. The topological polar surface area (TPSA) is 26.3 Å². The Labute approximate surface area is 101 Å². The number of Topliss-reactive ketones (excluding diaryl/α,β-unsaturated/α-hetero) is 1. The number of halogens is 1. The normalized spacial score (nSPS) is 9.88. The summed E-state index contributed by atoms with van der Waals surface area (Å²) in [7, 11) is 1.53. The molecule has 0 N–H and O–H groups in total. The lowest BCUT2D eigenvalue weighted by atomic mass is 10.0. The lowest BCUT2D eigenvalue weighted by Crippen LogP contribution is -2.01. The maximum atomic E-state index is 11.9. The van der Waals surface area contributed by atoms with Crippen molar-refractivity contribution in [1.29, 1.82) is 0 Å². The van der Waals surface area contributed by atoms with Gasteiger partial charge in [0.05, 0.1) is 12.7 Å². The molecule has 0 heterocycles. The molecule has 0 aliphatic rings. The van der Waals surface area contributed by atoms with Crippen molar-refractivity contribution in [3.8, 4) is 5.75 Å². The maximum Gasteiger partial charge on any atom is 0.166 e. The summed E-state index contributed by atoms with van der Waals surface area (Å²) >= 11 is 5.82. The minimum absolute atomic E-state index is 0.0790. The van der Waals surface area contributed by atoms with E-state index in [1.54, 1.807) is 18.2 Å². The Morgan fingerprint density at radius 2 is 2.31 bits per heavy atom. The van der Waals surface area contributed by atoms with E-state index in [0.717, 1.165) is 12.8 Å². The highest BCUT2D eigenvalue weighted by atomic mass is 35.5. The number of hydrogen-bond donors (Lipinski definition) is 0. The summed E-state index contributed by atoms with van der Waals surface area (Å²) < 4.78 is 5.13. The standard InChI is InChI=1S/C13H15ClO2/c1-3-4-5-6-12(15)11-8-7-10(14)9-13(11)16-2/h3,7-9H,1,4-6H2,2H3. The van der Waals surface area contributed by atoms with Crippen LogP contribution < -0.4 is 4.74 Å². The first kappa shape index (κ1) is 12.8. The first-order chi connectivity index (χ1) is 7.69. The maximum absolute atomic E-state index is 11.9. The summed E-state index contributed by atoms with van der Waals surface area (Å²) in [6.45, 7) is 3.62. The fraction of sp³-hybridized carbons (Fsp3) is 0.308. The molecule has 0 aromatic heterocycles. The van der Waals surface area contributed by atoms with Crippen molar-refractivity contribution in [2.75, 3.05) is 7.11 Å². The van der Waals surface area contributed by atoms with E-state index in [-0.39, 0.29) is 5.78 Å². The zero-order chi connectivity index (χ0) is 12.0. The molecule has 0 saturated carbocycles. The van der Waals surface area contributed by atoms with E-state index < -0.39 is 0 Å². The van der Waals surface area contributed by atoms with Gasteiger partial charge in [0.1, 0.15) is 5.75 Å². The van der Waals surface area contributed by atoms with Crippen LogP contribution in [-0.2, 0) is 0 Å².